The van der Waals surface area contributed by atoms with E-state index in [4.69, 9.17) is 27.9 Å². The fourth-order valence-electron chi connectivity index (χ4n) is 3.71. The highest BCUT2D eigenvalue weighted by Gasteiger charge is 2.41. The summed E-state index contributed by atoms with van der Waals surface area (Å²) in [6.45, 7) is -0.387. The van der Waals surface area contributed by atoms with E-state index >= 15 is 0 Å². The van der Waals surface area contributed by atoms with E-state index in [-0.39, 0.29) is 24.4 Å². The van der Waals surface area contributed by atoms with Crippen LogP contribution in [0.1, 0.15) is 32.1 Å². The fourth-order valence-corrected chi connectivity index (χ4v) is 4.04. The SMILES string of the molecule is O=C(COC(=O)C1C[C@H]2CCC[C@H](C1)C2=O)Nc1cc(Cl)ccc1Cl. The van der Waals surface area contributed by atoms with Crippen LogP contribution in [0.15, 0.2) is 18.2 Å². The number of Topliss-reactive ketones (excluding diaryl/α,β-unsaturated/α-hetero) is 1. The number of hydrogen-bond donors (Lipinski definition) is 1. The number of esters is 1. The van der Waals surface area contributed by atoms with Crippen molar-refractivity contribution in [1.29, 1.82) is 0 Å². The zero-order valence-electron chi connectivity index (χ0n) is 13.6. The molecule has 2 atom stereocenters. The van der Waals surface area contributed by atoms with Crippen LogP contribution in [-0.2, 0) is 19.1 Å². The maximum atomic E-state index is 12.3. The van der Waals surface area contributed by atoms with Crippen LogP contribution in [0.4, 0.5) is 5.69 Å². The summed E-state index contributed by atoms with van der Waals surface area (Å²) in [5.74, 6) is -0.936. The van der Waals surface area contributed by atoms with E-state index in [1.807, 2.05) is 0 Å². The van der Waals surface area contributed by atoms with Gasteiger partial charge in [0.2, 0.25) is 0 Å². The van der Waals surface area contributed by atoms with E-state index in [1.165, 1.54) is 6.07 Å². The van der Waals surface area contributed by atoms with Crippen molar-refractivity contribution >= 4 is 46.5 Å². The molecule has 25 heavy (non-hydrogen) atoms. The lowest BCUT2D eigenvalue weighted by Gasteiger charge is -2.36. The van der Waals surface area contributed by atoms with Gasteiger partial charge in [-0.2, -0.15) is 0 Å². The zero-order chi connectivity index (χ0) is 18.0. The van der Waals surface area contributed by atoms with Crippen molar-refractivity contribution in [2.75, 3.05) is 11.9 Å². The number of fused-ring (bicyclic) bond motifs is 2. The van der Waals surface area contributed by atoms with Gasteiger partial charge in [-0.1, -0.05) is 29.6 Å². The average molecular weight is 384 g/mol. The number of ether oxygens (including phenoxy) is 1. The highest BCUT2D eigenvalue weighted by Crippen LogP contribution is 2.40. The first kappa shape index (κ1) is 18.2. The van der Waals surface area contributed by atoms with Crippen molar-refractivity contribution in [2.24, 2.45) is 17.8 Å². The second-order valence-corrected chi connectivity index (χ2v) is 7.52. The Morgan fingerprint density at radius 2 is 1.84 bits per heavy atom. The minimum Gasteiger partial charge on any atom is -0.455 e. The van der Waals surface area contributed by atoms with Crippen molar-refractivity contribution in [2.45, 2.75) is 32.1 Å². The van der Waals surface area contributed by atoms with Crippen LogP contribution in [0.2, 0.25) is 10.0 Å². The Morgan fingerprint density at radius 3 is 2.52 bits per heavy atom. The largest absolute Gasteiger partial charge is 0.455 e. The second kappa shape index (κ2) is 7.75. The Labute approximate surface area is 156 Å². The number of halogens is 2. The average Bonchev–Trinajstić information content (AvgIpc) is 2.56. The number of nitrogens with one attached hydrogen (secondary N) is 1. The zero-order valence-corrected chi connectivity index (χ0v) is 15.1. The summed E-state index contributed by atoms with van der Waals surface area (Å²) in [6, 6.07) is 4.71. The molecule has 134 valence electrons. The first-order chi connectivity index (χ1) is 11.9. The summed E-state index contributed by atoms with van der Waals surface area (Å²) in [5.41, 5.74) is 0.369. The minimum absolute atomic E-state index is 0.0239. The first-order valence-electron chi connectivity index (χ1n) is 8.39. The van der Waals surface area contributed by atoms with Gasteiger partial charge in [-0.3, -0.25) is 14.4 Å². The van der Waals surface area contributed by atoms with E-state index in [9.17, 15) is 14.4 Å². The van der Waals surface area contributed by atoms with Gasteiger partial charge in [0.05, 0.1) is 16.6 Å². The van der Waals surface area contributed by atoms with Crippen LogP contribution in [0.25, 0.3) is 0 Å². The predicted molar refractivity (Wildman–Crippen MR) is 94.6 cm³/mol. The third kappa shape index (κ3) is 4.33. The molecule has 1 aromatic carbocycles. The third-order valence-electron chi connectivity index (χ3n) is 4.93. The predicted octanol–water partition coefficient (Wildman–Crippen LogP) is 3.87. The second-order valence-electron chi connectivity index (χ2n) is 6.68. The van der Waals surface area contributed by atoms with Crippen LogP contribution < -0.4 is 5.32 Å². The first-order valence-corrected chi connectivity index (χ1v) is 9.15. The normalized spacial score (nSPS) is 25.4. The van der Waals surface area contributed by atoms with Gasteiger partial charge in [0.25, 0.3) is 5.91 Å². The molecule has 2 fully saturated rings. The monoisotopic (exact) mass is 383 g/mol. The summed E-state index contributed by atoms with van der Waals surface area (Å²) < 4.78 is 5.15. The number of anilines is 1. The van der Waals surface area contributed by atoms with Crippen molar-refractivity contribution in [3.05, 3.63) is 28.2 Å². The molecule has 5 nitrogen and oxygen atoms in total. The van der Waals surface area contributed by atoms with Gasteiger partial charge in [-0.25, -0.2) is 0 Å². The summed E-state index contributed by atoms with van der Waals surface area (Å²) in [7, 11) is 0. The lowest BCUT2D eigenvalue weighted by atomic mass is 9.67. The van der Waals surface area contributed by atoms with E-state index in [2.05, 4.69) is 5.32 Å². The molecule has 0 unspecified atom stereocenters. The minimum atomic E-state index is -0.482. The smallest absolute Gasteiger partial charge is 0.309 e. The molecule has 2 saturated carbocycles. The highest BCUT2D eigenvalue weighted by molar-refractivity contribution is 6.35. The summed E-state index contributed by atoms with van der Waals surface area (Å²) >= 11 is 11.8. The highest BCUT2D eigenvalue weighted by atomic mass is 35.5. The van der Waals surface area contributed by atoms with Crippen LogP contribution in [0.3, 0.4) is 0 Å². The van der Waals surface area contributed by atoms with Crippen molar-refractivity contribution in [1.82, 2.24) is 0 Å². The number of carbonyl (C=O) groups excluding carboxylic acids is 3. The molecule has 1 amide bonds. The topological polar surface area (TPSA) is 72.5 Å². The molecule has 2 bridgehead atoms. The molecule has 0 heterocycles. The molecule has 7 heteroatoms. The molecule has 2 aliphatic carbocycles. The van der Waals surface area contributed by atoms with Gasteiger partial charge in [-0.05, 0) is 43.9 Å². The third-order valence-corrected chi connectivity index (χ3v) is 5.49. The van der Waals surface area contributed by atoms with E-state index < -0.39 is 11.9 Å². The molecular formula is C18H19Cl2NO4. The van der Waals surface area contributed by atoms with Crippen LogP contribution in [0.5, 0.6) is 0 Å². The van der Waals surface area contributed by atoms with Gasteiger partial charge in [0.1, 0.15) is 5.78 Å². The van der Waals surface area contributed by atoms with Crippen molar-refractivity contribution < 1.29 is 19.1 Å². The molecule has 0 saturated heterocycles. The van der Waals surface area contributed by atoms with Crippen LogP contribution in [-0.4, -0.2) is 24.3 Å². The lowest BCUT2D eigenvalue weighted by molar-refractivity contribution is -0.155. The summed E-state index contributed by atoms with van der Waals surface area (Å²) in [5, 5.41) is 3.36. The molecule has 0 radical (unpaired) electrons. The van der Waals surface area contributed by atoms with Gasteiger partial charge in [0, 0.05) is 16.9 Å². The van der Waals surface area contributed by atoms with Crippen LogP contribution in [0, 0.1) is 17.8 Å². The number of carbonyl (C=O) groups is 3. The maximum Gasteiger partial charge on any atom is 0.309 e. The van der Waals surface area contributed by atoms with Gasteiger partial charge >= 0.3 is 5.97 Å². The van der Waals surface area contributed by atoms with Crippen molar-refractivity contribution in [3.8, 4) is 0 Å². The standard InChI is InChI=1S/C18H19Cl2NO4/c19-13-4-5-14(20)15(8-13)21-16(22)9-25-18(24)12-6-10-2-1-3-11(7-12)17(10)23/h4-5,8,10-12H,1-3,6-7,9H2,(H,21,22)/t10-,11-/m1/s1. The fraction of sp³-hybridized carbons (Fsp3) is 0.500. The molecule has 1 N–H and O–H groups in total. The molecule has 1 aromatic rings. The van der Waals surface area contributed by atoms with Gasteiger partial charge in [0.15, 0.2) is 6.61 Å². The summed E-state index contributed by atoms with van der Waals surface area (Å²) in [6.07, 6.45) is 3.83. The van der Waals surface area contributed by atoms with Crippen molar-refractivity contribution in [3.63, 3.8) is 0 Å². The van der Waals surface area contributed by atoms with E-state index in [1.54, 1.807) is 12.1 Å². The Balaban J connectivity index is 1.51. The Bertz CT molecular complexity index is 690. The Kier molecular flexibility index (Phi) is 5.64. The van der Waals surface area contributed by atoms with Gasteiger partial charge < -0.3 is 10.1 Å². The molecule has 0 aliphatic heterocycles. The van der Waals surface area contributed by atoms with E-state index in [0.29, 0.717) is 34.4 Å². The van der Waals surface area contributed by atoms with Crippen LogP contribution >= 0.6 is 23.2 Å². The number of rotatable bonds is 4. The number of benzene rings is 1. The molecule has 2 aliphatic rings. The molecule has 0 aromatic heterocycles. The number of amides is 1. The molecule has 0 spiro atoms. The number of ketones is 1. The van der Waals surface area contributed by atoms with E-state index in [0.717, 1.165) is 19.3 Å². The number of hydrogen-bond acceptors (Lipinski definition) is 4. The Hall–Kier alpha value is -1.59. The quantitative estimate of drug-likeness (QED) is 0.800. The maximum absolute atomic E-state index is 12.3. The van der Waals surface area contributed by atoms with Gasteiger partial charge in [-0.15, -0.1) is 0 Å². The summed E-state index contributed by atoms with van der Waals surface area (Å²) in [4.78, 5) is 36.3. The molecule has 3 rings (SSSR count). The lowest BCUT2D eigenvalue weighted by Crippen LogP contribution is -2.40. The molecular weight excluding hydrogens is 365 g/mol. The Morgan fingerprint density at radius 1 is 1.16 bits per heavy atom.